The first kappa shape index (κ1) is 22.2. The van der Waals surface area contributed by atoms with Crippen molar-refractivity contribution in [1.82, 2.24) is 4.98 Å². The van der Waals surface area contributed by atoms with E-state index in [0.29, 0.717) is 23.1 Å². The van der Waals surface area contributed by atoms with Gasteiger partial charge < -0.3 is 19.2 Å². The summed E-state index contributed by atoms with van der Waals surface area (Å²) in [5.74, 6) is 1.09. The van der Waals surface area contributed by atoms with Crippen molar-refractivity contribution in [2.24, 2.45) is 0 Å². The molecule has 1 amide bonds. The number of aryl methyl sites for hydroxylation is 2. The molecule has 0 bridgehead atoms. The van der Waals surface area contributed by atoms with Gasteiger partial charge in [0.25, 0.3) is 0 Å². The van der Waals surface area contributed by atoms with Gasteiger partial charge in [0.15, 0.2) is 5.58 Å². The molecule has 0 aliphatic carbocycles. The first-order valence-electron chi connectivity index (χ1n) is 11.3. The summed E-state index contributed by atoms with van der Waals surface area (Å²) in [7, 11) is 0. The zero-order valence-electron chi connectivity index (χ0n) is 19.4. The van der Waals surface area contributed by atoms with E-state index in [-0.39, 0.29) is 0 Å². The number of amides is 1. The van der Waals surface area contributed by atoms with Crippen molar-refractivity contribution in [3.8, 4) is 23.0 Å². The van der Waals surface area contributed by atoms with E-state index in [9.17, 15) is 4.79 Å². The Labute approximate surface area is 203 Å². The minimum atomic E-state index is -1.20. The Kier molecular flexibility index (Phi) is 6.18. The van der Waals surface area contributed by atoms with E-state index in [2.05, 4.69) is 10.3 Å². The highest BCUT2D eigenvalue weighted by atomic mass is 16.7. The monoisotopic (exact) mass is 464 g/mol. The number of carbonyl (C=O) groups is 1. The lowest BCUT2D eigenvalue weighted by Gasteiger charge is -2.20. The molecule has 1 aromatic heterocycles. The van der Waals surface area contributed by atoms with Crippen LogP contribution in [0.1, 0.15) is 11.1 Å². The maximum atomic E-state index is 13.3. The van der Waals surface area contributed by atoms with Crippen molar-refractivity contribution >= 4 is 22.7 Å². The summed E-state index contributed by atoms with van der Waals surface area (Å²) in [6.07, 6.45) is -1.20. The number of para-hydroxylation sites is 2. The highest BCUT2D eigenvalue weighted by Crippen LogP contribution is 2.29. The predicted molar refractivity (Wildman–Crippen MR) is 135 cm³/mol. The average molecular weight is 465 g/mol. The second kappa shape index (κ2) is 9.73. The molecule has 0 radical (unpaired) electrons. The van der Waals surface area contributed by atoms with E-state index < -0.39 is 12.2 Å². The molecule has 0 atom stereocenters. The topological polar surface area (TPSA) is 73.6 Å². The Morgan fingerprint density at radius 3 is 2.14 bits per heavy atom. The molecule has 6 heteroatoms. The molecule has 0 aliphatic heterocycles. The van der Waals surface area contributed by atoms with Gasteiger partial charge in [-0.3, -0.25) is 4.79 Å². The van der Waals surface area contributed by atoms with Gasteiger partial charge in [0.2, 0.25) is 5.89 Å². The summed E-state index contributed by atoms with van der Waals surface area (Å²) in [6.45, 7) is 3.92. The van der Waals surface area contributed by atoms with Crippen LogP contribution in [0.4, 0.5) is 5.69 Å². The number of carbonyl (C=O) groups excluding carboxylic acids is 1. The van der Waals surface area contributed by atoms with E-state index >= 15 is 0 Å². The van der Waals surface area contributed by atoms with Crippen LogP contribution in [-0.2, 0) is 4.79 Å². The van der Waals surface area contributed by atoms with Gasteiger partial charge in [-0.1, -0.05) is 48.5 Å². The van der Waals surface area contributed by atoms with E-state index in [0.717, 1.165) is 27.8 Å². The molecule has 0 aliphatic rings. The van der Waals surface area contributed by atoms with Crippen LogP contribution in [-0.4, -0.2) is 17.2 Å². The number of hydrogen-bond donors (Lipinski definition) is 1. The number of nitrogens with zero attached hydrogens (tertiary/aromatic N) is 1. The second-order valence-corrected chi connectivity index (χ2v) is 8.20. The number of rotatable bonds is 7. The predicted octanol–water partition coefficient (Wildman–Crippen LogP) is 6.53. The molecule has 0 spiro atoms. The van der Waals surface area contributed by atoms with Gasteiger partial charge in [-0.05, 0) is 73.5 Å². The van der Waals surface area contributed by atoms with Crippen LogP contribution in [0, 0.1) is 13.8 Å². The SMILES string of the molecule is Cc1ccc2nc(-c3ccc(C)c(NC(=O)C(Oc4ccccc4)Oc4ccccc4)c3)oc2c1. The third kappa shape index (κ3) is 5.17. The molecule has 0 saturated carbocycles. The van der Waals surface area contributed by atoms with E-state index in [1.807, 2.05) is 86.6 Å². The number of fused-ring (bicyclic) bond motifs is 1. The van der Waals surface area contributed by atoms with E-state index in [4.69, 9.17) is 13.9 Å². The molecular weight excluding hydrogens is 440 g/mol. The lowest BCUT2D eigenvalue weighted by Crippen LogP contribution is -2.38. The lowest BCUT2D eigenvalue weighted by molar-refractivity contribution is -0.134. The van der Waals surface area contributed by atoms with Gasteiger partial charge in [-0.25, -0.2) is 4.98 Å². The van der Waals surface area contributed by atoms with E-state index in [1.54, 1.807) is 24.3 Å². The van der Waals surface area contributed by atoms with Crippen LogP contribution < -0.4 is 14.8 Å². The van der Waals surface area contributed by atoms with Crippen LogP contribution in [0.2, 0.25) is 0 Å². The molecule has 0 fully saturated rings. The Hall–Kier alpha value is -4.58. The van der Waals surface area contributed by atoms with Crippen LogP contribution in [0.3, 0.4) is 0 Å². The van der Waals surface area contributed by atoms with Gasteiger partial charge in [0.05, 0.1) is 0 Å². The summed E-state index contributed by atoms with van der Waals surface area (Å²) in [5, 5.41) is 2.95. The molecule has 1 heterocycles. The minimum absolute atomic E-state index is 0.439. The first-order valence-corrected chi connectivity index (χ1v) is 11.3. The zero-order valence-corrected chi connectivity index (χ0v) is 19.4. The maximum Gasteiger partial charge on any atom is 0.321 e. The number of anilines is 1. The summed E-state index contributed by atoms with van der Waals surface area (Å²) in [5.41, 5.74) is 4.85. The lowest BCUT2D eigenvalue weighted by atomic mass is 10.1. The highest BCUT2D eigenvalue weighted by Gasteiger charge is 2.24. The van der Waals surface area contributed by atoms with Crippen molar-refractivity contribution in [2.75, 3.05) is 5.32 Å². The maximum absolute atomic E-state index is 13.3. The van der Waals surface area contributed by atoms with Gasteiger partial charge in [-0.2, -0.15) is 0 Å². The molecule has 6 nitrogen and oxygen atoms in total. The van der Waals surface area contributed by atoms with Crippen molar-refractivity contribution < 1.29 is 18.7 Å². The Morgan fingerprint density at radius 2 is 1.49 bits per heavy atom. The summed E-state index contributed by atoms with van der Waals surface area (Å²) in [6, 6.07) is 29.7. The smallest absolute Gasteiger partial charge is 0.321 e. The standard InChI is InChI=1S/C29H24N2O4/c1-19-13-16-24-26(17-19)35-28(31-24)21-15-14-20(2)25(18-21)30-27(32)29(33-22-9-5-3-6-10-22)34-23-11-7-4-8-12-23/h3-18,29H,1-2H3,(H,30,32). The fraction of sp³-hybridized carbons (Fsp3) is 0.103. The van der Waals surface area contributed by atoms with Gasteiger partial charge >= 0.3 is 12.2 Å². The number of hydrogen-bond acceptors (Lipinski definition) is 5. The van der Waals surface area contributed by atoms with Crippen LogP contribution in [0.25, 0.3) is 22.6 Å². The number of benzene rings is 4. The Balaban J connectivity index is 1.41. The highest BCUT2D eigenvalue weighted by molar-refractivity contribution is 5.95. The third-order valence-corrected chi connectivity index (χ3v) is 5.47. The van der Waals surface area contributed by atoms with E-state index in [1.165, 1.54) is 0 Å². The minimum Gasteiger partial charge on any atom is -0.446 e. The fourth-order valence-electron chi connectivity index (χ4n) is 3.61. The van der Waals surface area contributed by atoms with Crippen LogP contribution in [0.15, 0.2) is 101 Å². The second-order valence-electron chi connectivity index (χ2n) is 8.20. The van der Waals surface area contributed by atoms with Crippen LogP contribution in [0.5, 0.6) is 11.5 Å². The van der Waals surface area contributed by atoms with Gasteiger partial charge in [-0.15, -0.1) is 0 Å². The molecule has 1 N–H and O–H groups in total. The van der Waals surface area contributed by atoms with Crippen molar-refractivity contribution in [3.05, 3.63) is 108 Å². The third-order valence-electron chi connectivity index (χ3n) is 5.47. The number of oxazole rings is 1. The van der Waals surface area contributed by atoms with Crippen molar-refractivity contribution in [1.29, 1.82) is 0 Å². The van der Waals surface area contributed by atoms with Crippen molar-refractivity contribution in [3.63, 3.8) is 0 Å². The largest absolute Gasteiger partial charge is 0.446 e. The van der Waals surface area contributed by atoms with Gasteiger partial charge in [0, 0.05) is 11.3 Å². The molecule has 5 rings (SSSR count). The Bertz CT molecular complexity index is 1420. The average Bonchev–Trinajstić information content (AvgIpc) is 3.29. The quantitative estimate of drug-likeness (QED) is 0.277. The summed E-state index contributed by atoms with van der Waals surface area (Å²) >= 11 is 0. The van der Waals surface area contributed by atoms with Crippen molar-refractivity contribution in [2.45, 2.75) is 20.1 Å². The number of aromatic nitrogens is 1. The number of nitrogens with one attached hydrogen (secondary N) is 1. The first-order chi connectivity index (χ1) is 17.0. The summed E-state index contributed by atoms with van der Waals surface area (Å²) < 4.78 is 17.8. The fourth-order valence-corrected chi connectivity index (χ4v) is 3.61. The molecule has 35 heavy (non-hydrogen) atoms. The molecule has 174 valence electrons. The normalized spacial score (nSPS) is 10.9. The molecule has 0 unspecified atom stereocenters. The zero-order chi connectivity index (χ0) is 24.2. The van der Waals surface area contributed by atoms with Gasteiger partial charge in [0.1, 0.15) is 17.0 Å². The molecular formula is C29H24N2O4. The molecule has 0 saturated heterocycles. The number of ether oxygens (including phenoxy) is 2. The molecule has 4 aromatic carbocycles. The summed E-state index contributed by atoms with van der Waals surface area (Å²) in [4.78, 5) is 17.9. The Morgan fingerprint density at radius 1 is 0.829 bits per heavy atom. The van der Waals surface area contributed by atoms with Crippen LogP contribution >= 0.6 is 0 Å². The molecule has 5 aromatic rings.